The highest BCUT2D eigenvalue weighted by molar-refractivity contribution is 5.69. The number of hydrogen-bond donors (Lipinski definition) is 1. The van der Waals surface area contributed by atoms with E-state index in [4.69, 9.17) is 15.0 Å². The summed E-state index contributed by atoms with van der Waals surface area (Å²) < 4.78 is 10.4. The molecule has 0 aliphatic heterocycles. The molecule has 0 unspecified atom stereocenters. The average molecular weight is 282 g/mol. The number of hydrogen-bond acceptors (Lipinski definition) is 6. The molecule has 21 heavy (non-hydrogen) atoms. The molecule has 2 N–H and O–H groups in total. The molecule has 3 aromatic heterocycles. The lowest BCUT2D eigenvalue weighted by Crippen LogP contribution is -1.92. The smallest absolute Gasteiger partial charge is 0.212 e. The molecule has 0 spiro atoms. The summed E-state index contributed by atoms with van der Waals surface area (Å²) >= 11 is 0. The highest BCUT2D eigenvalue weighted by atomic mass is 16.5. The molecule has 3 rings (SSSR count). The number of nitrogens with two attached hydrogens (primary N) is 1. The molecule has 0 atom stereocenters. The predicted molar refractivity (Wildman–Crippen MR) is 77.7 cm³/mol. The first-order chi connectivity index (χ1) is 10.3. The molecular weight excluding hydrogens is 268 g/mol. The van der Waals surface area contributed by atoms with Gasteiger partial charge in [0.25, 0.3) is 0 Å². The van der Waals surface area contributed by atoms with Gasteiger partial charge in [0.15, 0.2) is 5.76 Å². The number of nitrogen functional groups attached to an aromatic ring is 1. The number of aromatic nitrogens is 3. The van der Waals surface area contributed by atoms with Gasteiger partial charge in [0.2, 0.25) is 5.88 Å². The Hall–Kier alpha value is -2.89. The van der Waals surface area contributed by atoms with Crippen molar-refractivity contribution in [2.75, 3.05) is 12.8 Å². The van der Waals surface area contributed by atoms with Gasteiger partial charge in [-0.05, 0) is 17.7 Å². The summed E-state index contributed by atoms with van der Waals surface area (Å²) in [6.07, 6.45) is 4.02. The van der Waals surface area contributed by atoms with Crippen LogP contribution < -0.4 is 10.5 Å². The standard InChI is InChI=1S/C15H14N4O2/c1-20-14-5-4-10(9-18-14)7-11-8-13(21-19-11)12-3-2-6-17-15(12)16/h2-6,8-9H,7H2,1H3,(H2,16,17). The second-order valence-corrected chi connectivity index (χ2v) is 4.50. The Labute approximate surface area is 121 Å². The van der Waals surface area contributed by atoms with E-state index in [9.17, 15) is 0 Å². The lowest BCUT2D eigenvalue weighted by molar-refractivity contribution is 0.397. The van der Waals surface area contributed by atoms with Gasteiger partial charge in [0.05, 0.1) is 18.4 Å². The summed E-state index contributed by atoms with van der Waals surface area (Å²) in [7, 11) is 1.59. The first-order valence-corrected chi connectivity index (χ1v) is 6.41. The van der Waals surface area contributed by atoms with E-state index in [1.807, 2.05) is 24.3 Å². The summed E-state index contributed by atoms with van der Waals surface area (Å²) in [5.41, 5.74) is 8.39. The Bertz CT molecular complexity index is 737. The molecule has 0 aromatic carbocycles. The second kappa shape index (κ2) is 5.62. The van der Waals surface area contributed by atoms with E-state index in [0.29, 0.717) is 23.9 Å². The van der Waals surface area contributed by atoms with E-state index in [1.54, 1.807) is 25.6 Å². The van der Waals surface area contributed by atoms with Crippen LogP contribution in [0.15, 0.2) is 47.2 Å². The van der Waals surface area contributed by atoms with Crippen LogP contribution in [-0.4, -0.2) is 22.2 Å². The Morgan fingerprint density at radius 1 is 1.24 bits per heavy atom. The third-order valence-electron chi connectivity index (χ3n) is 3.05. The van der Waals surface area contributed by atoms with Crippen molar-refractivity contribution in [3.8, 4) is 17.2 Å². The van der Waals surface area contributed by atoms with Crippen LogP contribution in [0.1, 0.15) is 11.3 Å². The van der Waals surface area contributed by atoms with E-state index >= 15 is 0 Å². The molecule has 0 bridgehead atoms. The number of methoxy groups -OCH3 is 1. The first kappa shape index (κ1) is 13.1. The molecule has 0 saturated heterocycles. The van der Waals surface area contributed by atoms with E-state index in [0.717, 1.165) is 16.8 Å². The topological polar surface area (TPSA) is 87.1 Å². The van der Waals surface area contributed by atoms with Gasteiger partial charge in [-0.15, -0.1) is 0 Å². The molecular formula is C15H14N4O2. The minimum absolute atomic E-state index is 0.423. The number of rotatable bonds is 4. The quantitative estimate of drug-likeness (QED) is 0.790. The highest BCUT2D eigenvalue weighted by Gasteiger charge is 2.10. The number of pyridine rings is 2. The molecule has 3 heterocycles. The van der Waals surface area contributed by atoms with Gasteiger partial charge in [-0.3, -0.25) is 0 Å². The Morgan fingerprint density at radius 3 is 2.86 bits per heavy atom. The summed E-state index contributed by atoms with van der Waals surface area (Å²) in [4.78, 5) is 8.20. The van der Waals surface area contributed by atoms with Gasteiger partial charge in [-0.25, -0.2) is 9.97 Å². The van der Waals surface area contributed by atoms with Gasteiger partial charge >= 0.3 is 0 Å². The molecule has 0 saturated carbocycles. The zero-order valence-electron chi connectivity index (χ0n) is 11.5. The fourth-order valence-electron chi connectivity index (χ4n) is 1.99. The maximum atomic E-state index is 5.82. The van der Waals surface area contributed by atoms with Gasteiger partial charge in [-0.1, -0.05) is 11.2 Å². The van der Waals surface area contributed by atoms with Crippen LogP contribution in [0.3, 0.4) is 0 Å². The van der Waals surface area contributed by atoms with Crippen molar-refractivity contribution in [1.29, 1.82) is 0 Å². The molecule has 0 aliphatic rings. The van der Waals surface area contributed by atoms with Crippen LogP contribution in [0.2, 0.25) is 0 Å². The molecule has 0 amide bonds. The largest absolute Gasteiger partial charge is 0.481 e. The fraction of sp³-hybridized carbons (Fsp3) is 0.133. The lowest BCUT2D eigenvalue weighted by Gasteiger charge is -2.00. The predicted octanol–water partition coefficient (Wildman–Crippen LogP) is 2.31. The van der Waals surface area contributed by atoms with Crippen LogP contribution in [0.4, 0.5) is 5.82 Å². The highest BCUT2D eigenvalue weighted by Crippen LogP contribution is 2.25. The van der Waals surface area contributed by atoms with Gasteiger partial charge < -0.3 is 15.0 Å². The Morgan fingerprint density at radius 2 is 2.14 bits per heavy atom. The SMILES string of the molecule is COc1ccc(Cc2cc(-c3cccnc3N)on2)cn1. The van der Waals surface area contributed by atoms with Crippen molar-refractivity contribution < 1.29 is 9.26 Å². The van der Waals surface area contributed by atoms with Crippen molar-refractivity contribution in [3.05, 3.63) is 54.0 Å². The van der Waals surface area contributed by atoms with Crippen LogP contribution in [0.5, 0.6) is 5.88 Å². The number of nitrogens with zero attached hydrogens (tertiary/aromatic N) is 3. The average Bonchev–Trinajstić information content (AvgIpc) is 2.97. The minimum Gasteiger partial charge on any atom is -0.481 e. The second-order valence-electron chi connectivity index (χ2n) is 4.50. The van der Waals surface area contributed by atoms with Gasteiger partial charge in [-0.2, -0.15) is 0 Å². The Balaban J connectivity index is 1.80. The van der Waals surface area contributed by atoms with Gasteiger partial charge in [0, 0.05) is 30.9 Å². The summed E-state index contributed by atoms with van der Waals surface area (Å²) in [6.45, 7) is 0. The minimum atomic E-state index is 0.423. The summed E-state index contributed by atoms with van der Waals surface area (Å²) in [5.74, 6) is 1.62. The molecule has 0 aliphatic carbocycles. The maximum absolute atomic E-state index is 5.82. The van der Waals surface area contributed by atoms with Crippen molar-refractivity contribution in [2.45, 2.75) is 6.42 Å². The van der Waals surface area contributed by atoms with E-state index in [2.05, 4.69) is 15.1 Å². The van der Waals surface area contributed by atoms with Crippen LogP contribution in [-0.2, 0) is 6.42 Å². The molecule has 3 aromatic rings. The van der Waals surface area contributed by atoms with Crippen LogP contribution in [0, 0.1) is 0 Å². The number of ether oxygens (including phenoxy) is 1. The third-order valence-corrected chi connectivity index (χ3v) is 3.05. The Kier molecular flexibility index (Phi) is 3.51. The van der Waals surface area contributed by atoms with Crippen molar-refractivity contribution in [3.63, 3.8) is 0 Å². The molecule has 0 radical (unpaired) electrons. The fourth-order valence-corrected chi connectivity index (χ4v) is 1.99. The van der Waals surface area contributed by atoms with Gasteiger partial charge in [0.1, 0.15) is 5.82 Å². The van der Waals surface area contributed by atoms with Crippen molar-refractivity contribution in [2.24, 2.45) is 0 Å². The van der Waals surface area contributed by atoms with E-state index < -0.39 is 0 Å². The van der Waals surface area contributed by atoms with Crippen LogP contribution >= 0.6 is 0 Å². The molecule has 6 nitrogen and oxygen atoms in total. The molecule has 6 heteroatoms. The third kappa shape index (κ3) is 2.84. The number of anilines is 1. The normalized spacial score (nSPS) is 10.5. The maximum Gasteiger partial charge on any atom is 0.212 e. The molecule has 106 valence electrons. The monoisotopic (exact) mass is 282 g/mol. The summed E-state index contributed by atoms with van der Waals surface area (Å²) in [6, 6.07) is 9.27. The summed E-state index contributed by atoms with van der Waals surface area (Å²) in [5, 5.41) is 4.05. The van der Waals surface area contributed by atoms with Crippen molar-refractivity contribution >= 4 is 5.82 Å². The first-order valence-electron chi connectivity index (χ1n) is 6.41. The zero-order valence-corrected chi connectivity index (χ0v) is 11.5. The lowest BCUT2D eigenvalue weighted by atomic mass is 10.1. The molecule has 0 fully saturated rings. The van der Waals surface area contributed by atoms with Crippen molar-refractivity contribution in [1.82, 2.24) is 15.1 Å². The van der Waals surface area contributed by atoms with E-state index in [-0.39, 0.29) is 0 Å². The zero-order chi connectivity index (χ0) is 14.7. The van der Waals surface area contributed by atoms with Crippen LogP contribution in [0.25, 0.3) is 11.3 Å². The van der Waals surface area contributed by atoms with E-state index in [1.165, 1.54) is 0 Å².